The minimum absolute atomic E-state index is 0.121. The Balaban J connectivity index is 1.59. The summed E-state index contributed by atoms with van der Waals surface area (Å²) >= 11 is 0. The summed E-state index contributed by atoms with van der Waals surface area (Å²) in [5.41, 5.74) is 6.45. The molecule has 1 aliphatic carbocycles. The maximum Gasteiger partial charge on any atom is 0.277 e. The van der Waals surface area contributed by atoms with Crippen molar-refractivity contribution in [3.05, 3.63) is 65.2 Å². The quantitative estimate of drug-likeness (QED) is 0.690. The molecule has 0 radical (unpaired) electrons. The maximum atomic E-state index is 12.0. The molecule has 0 saturated heterocycles. The molecule has 0 spiro atoms. The van der Waals surface area contributed by atoms with E-state index in [1.165, 1.54) is 5.56 Å². The fourth-order valence-electron chi connectivity index (χ4n) is 2.82. The summed E-state index contributed by atoms with van der Waals surface area (Å²) in [6.07, 6.45) is 4.09. The summed E-state index contributed by atoms with van der Waals surface area (Å²) in [5.74, 6) is 0.236. The van der Waals surface area contributed by atoms with Crippen LogP contribution >= 0.6 is 0 Å². The first-order valence-electron chi connectivity index (χ1n) is 8.33. The van der Waals surface area contributed by atoms with Gasteiger partial charge in [0.15, 0.2) is 6.61 Å². The van der Waals surface area contributed by atoms with Crippen LogP contribution < -0.4 is 10.2 Å². The number of amides is 1. The van der Waals surface area contributed by atoms with Gasteiger partial charge in [-0.3, -0.25) is 4.79 Å². The second kappa shape index (κ2) is 8.11. The number of hydrazone groups is 1. The highest BCUT2D eigenvalue weighted by atomic mass is 16.5. The fraction of sp³-hybridized carbons (Fsp3) is 0.250. The van der Waals surface area contributed by atoms with Crippen LogP contribution in [-0.2, 0) is 11.2 Å². The van der Waals surface area contributed by atoms with Gasteiger partial charge >= 0.3 is 0 Å². The highest BCUT2D eigenvalue weighted by molar-refractivity contribution is 6.02. The Labute approximate surface area is 146 Å². The van der Waals surface area contributed by atoms with Crippen LogP contribution in [-0.4, -0.2) is 18.2 Å². The number of nitriles is 1. The highest BCUT2D eigenvalue weighted by Gasteiger charge is 2.13. The SMILES string of the molecule is N#Cc1ccc(OCC(=O)N/N=C2\CCCCc3ccccc32)cc1. The molecule has 1 amide bonds. The van der Waals surface area contributed by atoms with Crippen molar-refractivity contribution in [2.45, 2.75) is 25.7 Å². The van der Waals surface area contributed by atoms with Crippen molar-refractivity contribution in [3.63, 3.8) is 0 Å². The van der Waals surface area contributed by atoms with Gasteiger partial charge in [0.25, 0.3) is 5.91 Å². The van der Waals surface area contributed by atoms with Crippen molar-refractivity contribution in [1.82, 2.24) is 5.43 Å². The summed E-state index contributed by atoms with van der Waals surface area (Å²) in [5, 5.41) is 13.1. The van der Waals surface area contributed by atoms with Crippen molar-refractivity contribution in [3.8, 4) is 11.8 Å². The molecule has 1 aliphatic rings. The molecule has 5 nitrogen and oxygen atoms in total. The van der Waals surface area contributed by atoms with Crippen molar-refractivity contribution in [1.29, 1.82) is 5.26 Å². The van der Waals surface area contributed by atoms with E-state index < -0.39 is 0 Å². The van der Waals surface area contributed by atoms with Crippen molar-refractivity contribution in [2.24, 2.45) is 5.10 Å². The summed E-state index contributed by atoms with van der Waals surface area (Å²) in [7, 11) is 0. The zero-order valence-electron chi connectivity index (χ0n) is 13.9. The van der Waals surface area contributed by atoms with Gasteiger partial charge in [-0.15, -0.1) is 0 Å². The molecule has 0 fully saturated rings. The van der Waals surface area contributed by atoms with Crippen LogP contribution in [0.2, 0.25) is 0 Å². The van der Waals surface area contributed by atoms with Gasteiger partial charge in [0.05, 0.1) is 17.3 Å². The van der Waals surface area contributed by atoms with Gasteiger partial charge < -0.3 is 4.74 Å². The third-order valence-electron chi connectivity index (χ3n) is 4.11. The molecular formula is C20H19N3O2. The number of hydrogen-bond donors (Lipinski definition) is 1. The van der Waals surface area contributed by atoms with Gasteiger partial charge in [-0.25, -0.2) is 5.43 Å². The first-order valence-corrected chi connectivity index (χ1v) is 8.33. The summed E-state index contributed by atoms with van der Waals surface area (Å²) in [6.45, 7) is -0.121. The first kappa shape index (κ1) is 16.7. The number of benzene rings is 2. The minimum Gasteiger partial charge on any atom is -0.484 e. The molecule has 0 aromatic heterocycles. The van der Waals surface area contributed by atoms with Crippen molar-refractivity contribution >= 4 is 11.6 Å². The fourth-order valence-corrected chi connectivity index (χ4v) is 2.82. The monoisotopic (exact) mass is 333 g/mol. The topological polar surface area (TPSA) is 74.5 Å². The number of ether oxygens (including phenoxy) is 1. The van der Waals surface area contributed by atoms with Crippen LogP contribution in [0.4, 0.5) is 0 Å². The van der Waals surface area contributed by atoms with Crippen LogP contribution in [0.25, 0.3) is 0 Å². The summed E-state index contributed by atoms with van der Waals surface area (Å²) in [4.78, 5) is 12.0. The highest BCUT2D eigenvalue weighted by Crippen LogP contribution is 2.20. The molecule has 0 aliphatic heterocycles. The van der Waals surface area contributed by atoms with Crippen LogP contribution in [0.1, 0.15) is 36.0 Å². The van der Waals surface area contributed by atoms with E-state index in [4.69, 9.17) is 10.00 Å². The van der Waals surface area contributed by atoms with Crippen LogP contribution in [0.5, 0.6) is 5.75 Å². The first-order chi connectivity index (χ1) is 12.3. The molecule has 2 aromatic rings. The molecule has 25 heavy (non-hydrogen) atoms. The molecule has 0 heterocycles. The molecule has 0 saturated carbocycles. The third kappa shape index (κ3) is 4.45. The maximum absolute atomic E-state index is 12.0. The Hall–Kier alpha value is -3.13. The largest absolute Gasteiger partial charge is 0.484 e. The average molecular weight is 333 g/mol. The summed E-state index contributed by atoms with van der Waals surface area (Å²) in [6, 6.07) is 16.9. The van der Waals surface area contributed by atoms with E-state index in [1.54, 1.807) is 24.3 Å². The second-order valence-electron chi connectivity index (χ2n) is 5.88. The predicted octanol–water partition coefficient (Wildman–Crippen LogP) is 3.18. The number of fused-ring (bicyclic) bond motifs is 1. The Morgan fingerprint density at radius 1 is 1.12 bits per heavy atom. The molecule has 0 unspecified atom stereocenters. The molecule has 1 N–H and O–H groups in total. The number of hydrogen-bond acceptors (Lipinski definition) is 4. The number of nitrogens with zero attached hydrogens (tertiary/aromatic N) is 2. The number of aryl methyl sites for hydroxylation is 1. The zero-order valence-corrected chi connectivity index (χ0v) is 13.9. The Bertz CT molecular complexity index is 820. The van der Waals surface area contributed by atoms with E-state index >= 15 is 0 Å². The molecule has 0 bridgehead atoms. The van der Waals surface area contributed by atoms with E-state index in [1.807, 2.05) is 18.2 Å². The minimum atomic E-state index is -0.307. The Morgan fingerprint density at radius 2 is 1.88 bits per heavy atom. The van der Waals surface area contributed by atoms with E-state index in [2.05, 4.69) is 22.7 Å². The van der Waals surface area contributed by atoms with Crippen molar-refractivity contribution in [2.75, 3.05) is 6.61 Å². The van der Waals surface area contributed by atoms with Gasteiger partial charge in [-0.05, 0) is 55.5 Å². The van der Waals surface area contributed by atoms with Gasteiger partial charge in [0.1, 0.15) is 5.75 Å². The molecule has 126 valence electrons. The van der Waals surface area contributed by atoms with E-state index in [-0.39, 0.29) is 12.5 Å². The van der Waals surface area contributed by atoms with E-state index in [9.17, 15) is 4.79 Å². The number of carbonyl (C=O) groups is 1. The molecule has 2 aromatic carbocycles. The van der Waals surface area contributed by atoms with Gasteiger partial charge in [-0.2, -0.15) is 10.4 Å². The Morgan fingerprint density at radius 3 is 2.68 bits per heavy atom. The van der Waals surface area contributed by atoms with Crippen LogP contribution in [0, 0.1) is 11.3 Å². The van der Waals surface area contributed by atoms with Crippen LogP contribution in [0.3, 0.4) is 0 Å². The zero-order chi connectivity index (χ0) is 17.5. The predicted molar refractivity (Wildman–Crippen MR) is 95.3 cm³/mol. The number of nitrogens with one attached hydrogen (secondary N) is 1. The molecule has 5 heteroatoms. The standard InChI is InChI=1S/C20H19N3O2/c21-13-15-9-11-17(12-10-15)25-14-20(24)23-22-19-8-4-2-6-16-5-1-3-7-18(16)19/h1,3,5,7,9-12H,2,4,6,8,14H2,(H,23,24)/b22-19+. The van der Waals surface area contributed by atoms with Gasteiger partial charge in [0.2, 0.25) is 0 Å². The lowest BCUT2D eigenvalue weighted by atomic mass is 10.0. The smallest absolute Gasteiger partial charge is 0.277 e. The van der Waals surface area contributed by atoms with Crippen molar-refractivity contribution < 1.29 is 9.53 Å². The lowest BCUT2D eigenvalue weighted by molar-refractivity contribution is -0.123. The number of carbonyl (C=O) groups excluding carboxylic acids is 1. The summed E-state index contributed by atoms with van der Waals surface area (Å²) < 4.78 is 5.41. The lowest BCUT2D eigenvalue weighted by Gasteiger charge is -2.09. The van der Waals surface area contributed by atoms with Crippen LogP contribution in [0.15, 0.2) is 53.6 Å². The number of rotatable bonds is 4. The molecule has 3 rings (SSSR count). The lowest BCUT2D eigenvalue weighted by Crippen LogP contribution is -2.26. The Kier molecular flexibility index (Phi) is 5.43. The van der Waals surface area contributed by atoms with Gasteiger partial charge in [0, 0.05) is 5.56 Å². The molecular weight excluding hydrogens is 314 g/mol. The normalized spacial score (nSPS) is 14.9. The third-order valence-corrected chi connectivity index (χ3v) is 4.11. The van der Waals surface area contributed by atoms with Gasteiger partial charge in [-0.1, -0.05) is 24.3 Å². The van der Waals surface area contributed by atoms with E-state index in [0.717, 1.165) is 37.0 Å². The van der Waals surface area contributed by atoms with E-state index in [0.29, 0.717) is 11.3 Å². The molecule has 0 atom stereocenters. The average Bonchev–Trinajstić information content (AvgIpc) is 2.87. The second-order valence-corrected chi connectivity index (χ2v) is 5.88.